The molecule has 5 atom stereocenters. The molecule has 288 valence electrons. The minimum absolute atomic E-state index is 0.0722. The highest BCUT2D eigenvalue weighted by atomic mass is 35.5. The summed E-state index contributed by atoms with van der Waals surface area (Å²) in [5.74, 6) is -2.14. The maximum absolute atomic E-state index is 15.8. The van der Waals surface area contributed by atoms with Crippen LogP contribution in [0.2, 0.25) is 10.0 Å². The van der Waals surface area contributed by atoms with Crippen LogP contribution in [0.3, 0.4) is 0 Å². The molecule has 0 radical (unpaired) electrons. The van der Waals surface area contributed by atoms with Crippen molar-refractivity contribution in [3.63, 3.8) is 0 Å². The number of amides is 2. The van der Waals surface area contributed by atoms with Gasteiger partial charge < -0.3 is 20.8 Å². The lowest BCUT2D eigenvalue weighted by Crippen LogP contribution is -2.64. The molecule has 55 heavy (non-hydrogen) atoms. The lowest BCUT2D eigenvalue weighted by molar-refractivity contribution is -0.137. The summed E-state index contributed by atoms with van der Waals surface area (Å²) in [6, 6.07) is 26.8. The van der Waals surface area contributed by atoms with Crippen LogP contribution in [-0.2, 0) is 15.0 Å². The van der Waals surface area contributed by atoms with Gasteiger partial charge >= 0.3 is 0 Å². The summed E-state index contributed by atoms with van der Waals surface area (Å²) in [5.41, 5.74) is 0.518. The lowest BCUT2D eigenvalue weighted by atomic mass is 9.53. The number of fused-ring (bicyclic) bond motifs is 3. The number of nitrogens with zero attached hydrogens (tertiary/aromatic N) is 1. The summed E-state index contributed by atoms with van der Waals surface area (Å²) < 4.78 is 15.8. The van der Waals surface area contributed by atoms with Crippen LogP contribution in [-0.4, -0.2) is 50.7 Å². The average molecular weight is 785 g/mol. The third-order valence-corrected chi connectivity index (χ3v) is 13.6. The highest BCUT2D eigenvalue weighted by molar-refractivity contribution is 6.31. The van der Waals surface area contributed by atoms with Gasteiger partial charge in [-0.2, -0.15) is 0 Å². The van der Waals surface area contributed by atoms with E-state index in [0.29, 0.717) is 65.9 Å². The Morgan fingerprint density at radius 2 is 1.49 bits per heavy atom. The predicted octanol–water partition coefficient (Wildman–Crippen LogP) is 9.02. The van der Waals surface area contributed by atoms with Crippen molar-refractivity contribution in [1.82, 2.24) is 10.2 Å². The quantitative estimate of drug-likeness (QED) is 0.150. The van der Waals surface area contributed by atoms with Crippen molar-refractivity contribution in [3.8, 4) is 0 Å². The number of benzene rings is 4. The largest absolute Gasteiger partial charge is 0.393 e. The Kier molecular flexibility index (Phi) is 10.1. The van der Waals surface area contributed by atoms with Crippen LogP contribution < -0.4 is 10.6 Å². The number of rotatable bonds is 7. The van der Waals surface area contributed by atoms with Gasteiger partial charge in [-0.25, -0.2) is 4.39 Å². The number of aliphatic hydroxyl groups is 2. The van der Waals surface area contributed by atoms with E-state index in [1.165, 1.54) is 12.1 Å². The Balaban J connectivity index is 1.47. The fourth-order valence-electron chi connectivity index (χ4n) is 10.6. The first kappa shape index (κ1) is 38.1. The predicted molar refractivity (Wildman–Crippen MR) is 214 cm³/mol. The van der Waals surface area contributed by atoms with E-state index in [4.69, 9.17) is 23.2 Å². The van der Waals surface area contributed by atoms with E-state index in [0.717, 1.165) is 18.4 Å². The molecule has 4 aromatic rings. The van der Waals surface area contributed by atoms with E-state index >= 15 is 14.0 Å². The molecular formula is C45H48Cl2FN3O4. The van der Waals surface area contributed by atoms with Crippen LogP contribution in [0.5, 0.6) is 0 Å². The fraction of sp³-hybridized carbons (Fsp3) is 0.422. The van der Waals surface area contributed by atoms with E-state index < -0.39 is 47.0 Å². The third-order valence-electron chi connectivity index (χ3n) is 13.2. The van der Waals surface area contributed by atoms with Crippen molar-refractivity contribution in [2.75, 3.05) is 5.32 Å². The zero-order valence-corrected chi connectivity index (χ0v) is 32.7. The van der Waals surface area contributed by atoms with Crippen LogP contribution in [0.1, 0.15) is 106 Å². The summed E-state index contributed by atoms with van der Waals surface area (Å²) in [6.07, 6.45) is 3.24. The first-order valence-electron chi connectivity index (χ1n) is 19.5. The number of carbonyl (C=O) groups excluding carboxylic acids is 2. The molecule has 0 bridgehead atoms. The zero-order chi connectivity index (χ0) is 38.7. The molecule has 7 nitrogen and oxygen atoms in total. The SMILES string of the molecule is CC1(C)CCC2(CC1)N([C@H](c1ccccc1)[C@@H](O)c1ccccc1)[C@@H](C(=O)NC1CCC(O)CC1)[C@H](c1cc(F)cc(Cl)c1)[C@]21C(=O)Nc2cc(Cl)ccc21. The molecule has 10 heteroatoms. The Hall–Kier alpha value is -3.79. The molecule has 2 heterocycles. The lowest BCUT2D eigenvalue weighted by Gasteiger charge is -2.56. The number of nitrogens with one attached hydrogen (secondary N) is 2. The van der Waals surface area contributed by atoms with Gasteiger partial charge in [0.2, 0.25) is 11.8 Å². The maximum atomic E-state index is 15.8. The van der Waals surface area contributed by atoms with Gasteiger partial charge in [0.15, 0.2) is 0 Å². The Morgan fingerprint density at radius 3 is 2.13 bits per heavy atom. The van der Waals surface area contributed by atoms with Crippen LogP contribution in [0, 0.1) is 11.2 Å². The van der Waals surface area contributed by atoms with Crippen molar-refractivity contribution in [1.29, 1.82) is 0 Å². The molecule has 2 aliphatic carbocycles. The summed E-state index contributed by atoms with van der Waals surface area (Å²) in [5, 5.41) is 30.4. The van der Waals surface area contributed by atoms with Crippen LogP contribution in [0.15, 0.2) is 97.1 Å². The molecule has 2 spiro atoms. The molecule has 4 aliphatic rings. The van der Waals surface area contributed by atoms with Crippen molar-refractivity contribution >= 4 is 40.7 Å². The molecule has 2 saturated carbocycles. The standard InChI is InChI=1S/C45H48Cl2FN3O4/c1-43(2)19-21-44(22-20-43)45(35-18-13-30(46)26-36(35)50-42(45)55)37(29-23-31(47)25-32(48)24-29)39(41(54)49-33-14-16-34(52)17-15-33)51(44)38(27-9-5-3-6-10-27)40(53)28-11-7-4-8-12-28/h3-13,18,23-26,33-34,37-40,52-53H,14-17,19-22H2,1-2H3,(H,49,54)(H,50,55)/t33?,34?,37-,38+,39+,40-,45+/m0/s1. The van der Waals surface area contributed by atoms with Crippen molar-refractivity contribution < 1.29 is 24.2 Å². The third kappa shape index (κ3) is 6.48. The molecule has 3 fully saturated rings. The number of carbonyl (C=O) groups is 2. The van der Waals surface area contributed by atoms with Gasteiger partial charge in [-0.1, -0.05) is 104 Å². The number of hydrogen-bond acceptors (Lipinski definition) is 5. The Labute approximate surface area is 332 Å². The van der Waals surface area contributed by atoms with Crippen molar-refractivity contribution in [2.45, 2.75) is 112 Å². The second-order valence-corrected chi connectivity index (χ2v) is 17.8. The van der Waals surface area contributed by atoms with Crippen LogP contribution in [0.4, 0.5) is 10.1 Å². The Morgan fingerprint density at radius 1 is 0.855 bits per heavy atom. The molecule has 4 aromatic carbocycles. The minimum atomic E-state index is -1.45. The highest BCUT2D eigenvalue weighted by Crippen LogP contribution is 2.69. The summed E-state index contributed by atoms with van der Waals surface area (Å²) in [7, 11) is 0. The molecule has 0 unspecified atom stereocenters. The van der Waals surface area contributed by atoms with E-state index in [1.54, 1.807) is 18.2 Å². The average Bonchev–Trinajstić information content (AvgIpc) is 3.59. The number of likely N-dealkylation sites (tertiary alicyclic amines) is 1. The fourth-order valence-corrected chi connectivity index (χ4v) is 11.0. The smallest absolute Gasteiger partial charge is 0.238 e. The molecule has 4 N–H and O–H groups in total. The van der Waals surface area contributed by atoms with Gasteiger partial charge in [-0.05, 0) is 109 Å². The van der Waals surface area contributed by atoms with Gasteiger partial charge in [0.25, 0.3) is 0 Å². The molecular weight excluding hydrogens is 736 g/mol. The maximum Gasteiger partial charge on any atom is 0.238 e. The van der Waals surface area contributed by atoms with Gasteiger partial charge in [0, 0.05) is 33.2 Å². The van der Waals surface area contributed by atoms with Gasteiger partial charge in [-0.3, -0.25) is 14.5 Å². The normalized spacial score (nSPS) is 28.1. The highest BCUT2D eigenvalue weighted by Gasteiger charge is 2.77. The molecule has 2 amide bonds. The number of hydrogen-bond donors (Lipinski definition) is 4. The van der Waals surface area contributed by atoms with Crippen molar-refractivity contribution in [3.05, 3.63) is 135 Å². The monoisotopic (exact) mass is 783 g/mol. The first-order valence-corrected chi connectivity index (χ1v) is 20.2. The zero-order valence-electron chi connectivity index (χ0n) is 31.2. The summed E-state index contributed by atoms with van der Waals surface area (Å²) in [6.45, 7) is 4.46. The van der Waals surface area contributed by atoms with Crippen molar-refractivity contribution in [2.24, 2.45) is 5.41 Å². The second-order valence-electron chi connectivity index (χ2n) is 16.9. The van der Waals surface area contributed by atoms with Crippen LogP contribution in [0.25, 0.3) is 0 Å². The van der Waals surface area contributed by atoms with E-state index in [-0.39, 0.29) is 28.3 Å². The second kappa shape index (κ2) is 14.6. The first-order chi connectivity index (χ1) is 26.3. The van der Waals surface area contributed by atoms with Crippen LogP contribution >= 0.6 is 23.2 Å². The minimum Gasteiger partial charge on any atom is -0.393 e. The van der Waals surface area contributed by atoms with E-state index in [1.807, 2.05) is 66.7 Å². The van der Waals surface area contributed by atoms with Gasteiger partial charge in [0.05, 0.1) is 24.3 Å². The van der Waals surface area contributed by atoms with E-state index in [9.17, 15) is 10.2 Å². The number of halogens is 3. The molecule has 2 aliphatic heterocycles. The molecule has 1 saturated heterocycles. The number of aliphatic hydroxyl groups excluding tert-OH is 2. The van der Waals surface area contributed by atoms with Gasteiger partial charge in [0.1, 0.15) is 11.2 Å². The summed E-state index contributed by atoms with van der Waals surface area (Å²) in [4.78, 5) is 33.4. The molecule has 8 rings (SSSR count). The number of anilines is 1. The summed E-state index contributed by atoms with van der Waals surface area (Å²) >= 11 is 13.3. The Bertz CT molecular complexity index is 2040. The van der Waals surface area contributed by atoms with E-state index in [2.05, 4.69) is 29.4 Å². The topological polar surface area (TPSA) is 102 Å². The molecule has 0 aromatic heterocycles. The van der Waals surface area contributed by atoms with Gasteiger partial charge in [-0.15, -0.1) is 0 Å².